The van der Waals surface area contributed by atoms with Crippen LogP contribution in [0.4, 0.5) is 0 Å². The molecule has 1 saturated heterocycles. The van der Waals surface area contributed by atoms with Crippen molar-refractivity contribution in [3.63, 3.8) is 0 Å². The van der Waals surface area contributed by atoms with Crippen molar-refractivity contribution >= 4 is 30.1 Å². The molecule has 1 heterocycles. The number of amides is 3. The van der Waals surface area contributed by atoms with Gasteiger partial charge in [0.15, 0.2) is 0 Å². The summed E-state index contributed by atoms with van der Waals surface area (Å²) >= 11 is 0. The van der Waals surface area contributed by atoms with E-state index in [1.807, 2.05) is 11.9 Å². The second-order valence-corrected chi connectivity index (χ2v) is 7.81. The summed E-state index contributed by atoms with van der Waals surface area (Å²) in [6, 6.07) is 0. The van der Waals surface area contributed by atoms with Crippen molar-refractivity contribution in [3.8, 4) is 0 Å². The Balaban J connectivity index is 0.00000169. The smallest absolute Gasteiger partial charge is 0.263 e. The lowest BCUT2D eigenvalue weighted by molar-refractivity contribution is -0.190. The number of piperazine rings is 1. The summed E-state index contributed by atoms with van der Waals surface area (Å²) < 4.78 is 0. The van der Waals surface area contributed by atoms with Crippen molar-refractivity contribution in [2.75, 3.05) is 20.1 Å². The highest BCUT2D eigenvalue weighted by molar-refractivity contribution is 6.06. The predicted molar refractivity (Wildman–Crippen MR) is 86.3 cm³/mol. The molecule has 0 atom stereocenters. The zero-order valence-electron chi connectivity index (χ0n) is 13.7. The molecule has 0 unspecified atom stereocenters. The van der Waals surface area contributed by atoms with Gasteiger partial charge in [0.1, 0.15) is 12.1 Å². The largest absolute Gasteiger partial charge is 0.289 e. The molecule has 0 aromatic carbocycles. The Kier molecular flexibility index (Phi) is 4.38. The number of likely N-dealkylation sites (N-methyl/N-ethyl adjacent to an activating group) is 1. The van der Waals surface area contributed by atoms with Gasteiger partial charge in [0.05, 0.1) is 6.54 Å². The third-order valence-corrected chi connectivity index (χ3v) is 6.70. The third-order valence-electron chi connectivity index (χ3n) is 6.70. The molecular weight excluding hydrogens is 334 g/mol. The van der Waals surface area contributed by atoms with Crippen LogP contribution in [0.2, 0.25) is 0 Å². The molecule has 0 aromatic rings. The van der Waals surface area contributed by atoms with E-state index >= 15 is 0 Å². The quantitative estimate of drug-likeness (QED) is 0.424. The van der Waals surface area contributed by atoms with Crippen LogP contribution in [0.5, 0.6) is 0 Å². The number of carbonyl (C=O) groups excluding carboxylic acids is 3. The van der Waals surface area contributed by atoms with Crippen LogP contribution < -0.4 is 5.48 Å². The van der Waals surface area contributed by atoms with Gasteiger partial charge in [0, 0.05) is 0 Å². The number of hydrogen-bond donors (Lipinski definition) is 2. The number of hydroxylamine groups is 1. The predicted octanol–water partition coefficient (Wildman–Crippen LogP) is 0.409. The summed E-state index contributed by atoms with van der Waals surface area (Å²) in [5.41, 5.74) is 0.894. The fourth-order valence-corrected chi connectivity index (χ4v) is 6.13. The Bertz CT molecular complexity index is 554. The van der Waals surface area contributed by atoms with Crippen LogP contribution in [0.25, 0.3) is 0 Å². The highest BCUT2D eigenvalue weighted by atomic mass is 35.5. The zero-order chi connectivity index (χ0) is 16.4. The van der Waals surface area contributed by atoms with E-state index in [9.17, 15) is 14.4 Å². The molecule has 0 radical (unpaired) electrons. The molecule has 0 aromatic heterocycles. The van der Waals surface area contributed by atoms with Gasteiger partial charge in [0.25, 0.3) is 11.8 Å². The van der Waals surface area contributed by atoms with Gasteiger partial charge in [-0.1, -0.05) is 0 Å². The van der Waals surface area contributed by atoms with Gasteiger partial charge in [-0.25, -0.2) is 5.48 Å². The van der Waals surface area contributed by atoms with E-state index in [4.69, 9.17) is 5.21 Å². The minimum Gasteiger partial charge on any atom is -0.289 e. The van der Waals surface area contributed by atoms with Crippen molar-refractivity contribution < 1.29 is 19.6 Å². The molecule has 2 N–H and O–H groups in total. The molecule has 4 saturated carbocycles. The molecule has 1 aliphatic heterocycles. The van der Waals surface area contributed by atoms with Crippen LogP contribution in [0.15, 0.2) is 0 Å². The third kappa shape index (κ3) is 2.21. The molecule has 7 nitrogen and oxygen atoms in total. The van der Waals surface area contributed by atoms with Crippen molar-refractivity contribution in [2.24, 2.45) is 23.7 Å². The average molecular weight is 358 g/mol. The first-order chi connectivity index (χ1) is 11.0. The molecule has 3 amide bonds. The fraction of sp³-hybridized carbons (Fsp3) is 0.812. The first-order valence-electron chi connectivity index (χ1n) is 8.45. The molecule has 5 fully saturated rings. The second-order valence-electron chi connectivity index (χ2n) is 7.81. The van der Waals surface area contributed by atoms with Crippen molar-refractivity contribution in [2.45, 2.75) is 37.6 Å². The standard InChI is InChI=1S/C16H23N3O4.ClH/c1-18-8-14(21)19(7-13(20)17-23)15(22)16(18)11-3-9-2-10(5-11)6-12(16)4-9;/h9-12,23H,2-8H2,1H3,(H,17,20);1H. The van der Waals surface area contributed by atoms with E-state index < -0.39 is 18.0 Å². The van der Waals surface area contributed by atoms with Crippen LogP contribution in [0.3, 0.4) is 0 Å². The molecule has 24 heavy (non-hydrogen) atoms. The lowest BCUT2D eigenvalue weighted by Gasteiger charge is -2.64. The highest BCUT2D eigenvalue weighted by Gasteiger charge is 2.65. The SMILES string of the molecule is CN1CC(=O)N(CC(=O)NO)C(=O)C12C1CC3CC(C1)CC2C3.Cl. The zero-order valence-corrected chi connectivity index (χ0v) is 14.6. The van der Waals surface area contributed by atoms with Gasteiger partial charge in [-0.2, -0.15) is 0 Å². The highest BCUT2D eigenvalue weighted by Crippen LogP contribution is 2.61. The first kappa shape index (κ1) is 17.6. The molecular formula is C16H24ClN3O4. The van der Waals surface area contributed by atoms with Gasteiger partial charge >= 0.3 is 0 Å². The Morgan fingerprint density at radius 3 is 2.21 bits per heavy atom. The number of halogens is 1. The molecule has 1 spiro atoms. The molecule has 4 bridgehead atoms. The number of carbonyl (C=O) groups is 3. The Labute approximate surface area is 147 Å². The van der Waals surface area contributed by atoms with E-state index in [2.05, 4.69) is 0 Å². The topological polar surface area (TPSA) is 90.0 Å². The summed E-state index contributed by atoms with van der Waals surface area (Å²) in [6.45, 7) is -0.233. The van der Waals surface area contributed by atoms with E-state index in [0.717, 1.165) is 42.4 Å². The number of nitrogens with zero attached hydrogens (tertiary/aromatic N) is 2. The lowest BCUT2D eigenvalue weighted by Crippen LogP contribution is -2.76. The minimum absolute atomic E-state index is 0. The van der Waals surface area contributed by atoms with Crippen molar-refractivity contribution in [1.29, 1.82) is 0 Å². The normalized spacial score (nSPS) is 40.8. The molecule has 5 aliphatic rings. The number of rotatable bonds is 2. The summed E-state index contributed by atoms with van der Waals surface area (Å²) in [4.78, 5) is 40.1. The van der Waals surface area contributed by atoms with Crippen LogP contribution in [-0.4, -0.2) is 58.4 Å². The average Bonchev–Trinajstić information content (AvgIpc) is 2.50. The van der Waals surface area contributed by atoms with E-state index in [-0.39, 0.29) is 42.6 Å². The van der Waals surface area contributed by atoms with Crippen molar-refractivity contribution in [1.82, 2.24) is 15.3 Å². The molecule has 134 valence electrons. The van der Waals surface area contributed by atoms with Crippen molar-refractivity contribution in [3.05, 3.63) is 0 Å². The fourth-order valence-electron chi connectivity index (χ4n) is 6.13. The van der Waals surface area contributed by atoms with E-state index in [1.54, 1.807) is 0 Å². The summed E-state index contributed by atoms with van der Waals surface area (Å²) in [6.07, 6.45) is 5.50. The first-order valence-corrected chi connectivity index (χ1v) is 8.45. The van der Waals surface area contributed by atoms with E-state index in [0.29, 0.717) is 0 Å². The maximum Gasteiger partial charge on any atom is 0.263 e. The van der Waals surface area contributed by atoms with Gasteiger partial charge < -0.3 is 0 Å². The van der Waals surface area contributed by atoms with Crippen LogP contribution in [0, 0.1) is 23.7 Å². The minimum atomic E-state index is -0.727. The lowest BCUT2D eigenvalue weighted by atomic mass is 9.47. The summed E-state index contributed by atoms with van der Waals surface area (Å²) in [5, 5.41) is 8.73. The van der Waals surface area contributed by atoms with Gasteiger partial charge in [-0.05, 0) is 62.8 Å². The van der Waals surface area contributed by atoms with Crippen LogP contribution >= 0.6 is 12.4 Å². The number of hydrogen-bond acceptors (Lipinski definition) is 5. The summed E-state index contributed by atoms with van der Waals surface area (Å²) in [7, 11) is 1.88. The Hall–Kier alpha value is -1.18. The molecule has 4 aliphatic carbocycles. The number of nitrogens with one attached hydrogen (secondary N) is 1. The Morgan fingerprint density at radius 1 is 1.17 bits per heavy atom. The van der Waals surface area contributed by atoms with Crippen LogP contribution in [0.1, 0.15) is 32.1 Å². The van der Waals surface area contributed by atoms with Gasteiger partial charge in [0.2, 0.25) is 5.91 Å². The maximum atomic E-state index is 13.3. The monoisotopic (exact) mass is 357 g/mol. The van der Waals surface area contributed by atoms with Gasteiger partial charge in [-0.15, -0.1) is 12.4 Å². The second kappa shape index (κ2) is 5.97. The Morgan fingerprint density at radius 2 is 1.71 bits per heavy atom. The summed E-state index contributed by atoms with van der Waals surface area (Å²) in [5.74, 6) is 0.685. The number of imide groups is 1. The molecule has 5 rings (SSSR count). The molecule has 8 heteroatoms. The van der Waals surface area contributed by atoms with Gasteiger partial charge in [-0.3, -0.25) is 29.4 Å². The van der Waals surface area contributed by atoms with E-state index in [1.165, 1.54) is 11.9 Å². The van der Waals surface area contributed by atoms with Crippen LogP contribution in [-0.2, 0) is 14.4 Å². The maximum absolute atomic E-state index is 13.3.